The van der Waals surface area contributed by atoms with Crippen LogP contribution in [0.5, 0.6) is 5.75 Å². The first-order valence-electron chi connectivity index (χ1n) is 9.98. The van der Waals surface area contributed by atoms with E-state index >= 15 is 0 Å². The van der Waals surface area contributed by atoms with Gasteiger partial charge in [-0.1, -0.05) is 11.8 Å². The molecule has 0 radical (unpaired) electrons. The number of fused-ring (bicyclic) bond motifs is 2. The second-order valence-corrected chi connectivity index (χ2v) is 8.71. The lowest BCUT2D eigenvalue weighted by Gasteiger charge is -2.18. The Morgan fingerprint density at radius 3 is 2.90 bits per heavy atom. The van der Waals surface area contributed by atoms with Gasteiger partial charge in [-0.25, -0.2) is 4.99 Å². The molecule has 158 valence electrons. The molecule has 31 heavy (non-hydrogen) atoms. The van der Waals surface area contributed by atoms with Crippen LogP contribution in [0, 0.1) is 16.0 Å². The minimum atomic E-state index is -0.487. The molecule has 2 aliphatic heterocycles. The molecule has 0 spiro atoms. The van der Waals surface area contributed by atoms with Crippen LogP contribution < -0.4 is 4.74 Å². The quantitative estimate of drug-likeness (QED) is 0.520. The Hall–Kier alpha value is -3.27. The fourth-order valence-electron chi connectivity index (χ4n) is 4.18. The number of amides is 1. The number of nitrogens with zero attached hydrogens (tertiary/aromatic N) is 5. The topological polar surface area (TPSA) is 112 Å². The molecule has 2 aromatic rings. The molecule has 1 aromatic carbocycles. The highest BCUT2D eigenvalue weighted by Crippen LogP contribution is 2.47. The number of allylic oxidation sites excluding steroid dienone is 1. The number of hydrogen-bond acceptors (Lipinski definition) is 7. The smallest absolute Gasteiger partial charge is 0.307 e. The Bertz CT molecular complexity index is 1200. The van der Waals surface area contributed by atoms with E-state index in [1.165, 1.54) is 27.6 Å². The maximum atomic E-state index is 12.9. The maximum absolute atomic E-state index is 12.9. The van der Waals surface area contributed by atoms with Gasteiger partial charge in [-0.05, 0) is 54.4 Å². The third kappa shape index (κ3) is 3.56. The number of aliphatic imine (C=N–C) groups is 2. The summed E-state index contributed by atoms with van der Waals surface area (Å²) in [5.41, 5.74) is 2.58. The standard InChI is InChI=1S/C21H19N5O4S/c1-30-16-7-6-12(8-13(16)10-25-11-14(9-22-25)26(28)29)19-23-20(27)18-15-4-2-3-5-17(15)31-21(18)24-19/h6-9,11,18H,2-5,10H2,1H3. The maximum Gasteiger partial charge on any atom is 0.307 e. The van der Waals surface area contributed by atoms with Crippen molar-refractivity contribution in [2.24, 2.45) is 15.9 Å². The van der Waals surface area contributed by atoms with Crippen molar-refractivity contribution in [1.82, 2.24) is 9.78 Å². The molecular weight excluding hydrogens is 418 g/mol. The van der Waals surface area contributed by atoms with E-state index in [-0.39, 0.29) is 24.1 Å². The molecule has 5 rings (SSSR count). The molecule has 1 aliphatic carbocycles. The van der Waals surface area contributed by atoms with Crippen LogP contribution >= 0.6 is 11.8 Å². The molecule has 1 amide bonds. The Morgan fingerprint density at radius 2 is 2.13 bits per heavy atom. The Kier molecular flexibility index (Phi) is 4.93. The zero-order valence-electron chi connectivity index (χ0n) is 16.8. The summed E-state index contributed by atoms with van der Waals surface area (Å²) in [4.78, 5) is 33.6. The van der Waals surface area contributed by atoms with E-state index in [4.69, 9.17) is 9.73 Å². The van der Waals surface area contributed by atoms with Crippen LogP contribution in [0.2, 0.25) is 0 Å². The summed E-state index contributed by atoms with van der Waals surface area (Å²) in [6, 6.07) is 5.44. The highest BCUT2D eigenvalue weighted by molar-refractivity contribution is 8.17. The van der Waals surface area contributed by atoms with Gasteiger partial charge in [-0.2, -0.15) is 10.1 Å². The first-order chi connectivity index (χ1) is 15.0. The van der Waals surface area contributed by atoms with Crippen molar-refractivity contribution in [3.8, 4) is 5.75 Å². The van der Waals surface area contributed by atoms with E-state index in [0.29, 0.717) is 17.1 Å². The number of nitro groups is 1. The Labute approximate surface area is 182 Å². The number of ether oxygens (including phenoxy) is 1. The van der Waals surface area contributed by atoms with Gasteiger partial charge in [-0.15, -0.1) is 0 Å². The third-order valence-electron chi connectivity index (χ3n) is 5.66. The van der Waals surface area contributed by atoms with Crippen molar-refractivity contribution < 1.29 is 14.5 Å². The van der Waals surface area contributed by atoms with Crippen LogP contribution in [0.15, 0.2) is 51.1 Å². The Morgan fingerprint density at radius 1 is 1.29 bits per heavy atom. The highest BCUT2D eigenvalue weighted by atomic mass is 32.2. The number of benzene rings is 1. The van der Waals surface area contributed by atoms with Crippen LogP contribution in [-0.4, -0.2) is 38.6 Å². The third-order valence-corrected chi connectivity index (χ3v) is 6.91. The van der Waals surface area contributed by atoms with Crippen molar-refractivity contribution in [3.05, 3.63) is 62.3 Å². The van der Waals surface area contributed by atoms with Gasteiger partial charge < -0.3 is 4.74 Å². The summed E-state index contributed by atoms with van der Waals surface area (Å²) in [6.45, 7) is 0.274. The largest absolute Gasteiger partial charge is 0.496 e. The van der Waals surface area contributed by atoms with E-state index < -0.39 is 4.92 Å². The molecule has 0 fully saturated rings. The molecule has 1 unspecified atom stereocenters. The minimum Gasteiger partial charge on any atom is -0.496 e. The lowest BCUT2D eigenvalue weighted by molar-refractivity contribution is -0.385. The molecule has 3 aliphatic rings. The molecule has 9 nitrogen and oxygen atoms in total. The van der Waals surface area contributed by atoms with E-state index in [2.05, 4.69) is 10.1 Å². The van der Waals surface area contributed by atoms with Gasteiger partial charge in [0.05, 0.1) is 23.6 Å². The van der Waals surface area contributed by atoms with Gasteiger partial charge in [-0.3, -0.25) is 19.6 Å². The summed E-state index contributed by atoms with van der Waals surface area (Å²) in [5.74, 6) is 0.548. The number of thioether (sulfide) groups is 1. The number of methoxy groups -OCH3 is 1. The van der Waals surface area contributed by atoms with Crippen LogP contribution in [0.4, 0.5) is 5.69 Å². The molecule has 0 saturated carbocycles. The average molecular weight is 437 g/mol. The van der Waals surface area contributed by atoms with Crippen LogP contribution in [0.3, 0.4) is 0 Å². The molecule has 1 atom stereocenters. The fraction of sp³-hybridized carbons (Fsp3) is 0.333. The summed E-state index contributed by atoms with van der Waals surface area (Å²) >= 11 is 1.63. The van der Waals surface area contributed by atoms with E-state index in [1.54, 1.807) is 24.9 Å². The number of carbonyl (C=O) groups excluding carboxylic acids is 1. The van der Waals surface area contributed by atoms with Gasteiger partial charge >= 0.3 is 5.69 Å². The summed E-state index contributed by atoms with van der Waals surface area (Å²) < 4.78 is 6.91. The van der Waals surface area contributed by atoms with Gasteiger partial charge in [0, 0.05) is 11.1 Å². The highest BCUT2D eigenvalue weighted by Gasteiger charge is 2.40. The minimum absolute atomic E-state index is 0.0791. The zero-order chi connectivity index (χ0) is 21.5. The monoisotopic (exact) mass is 437 g/mol. The molecule has 0 bridgehead atoms. The fourth-order valence-corrected chi connectivity index (χ4v) is 5.52. The molecule has 10 heteroatoms. The molecular formula is C21H19N5O4S. The first kappa shape index (κ1) is 19.7. The summed E-state index contributed by atoms with van der Waals surface area (Å²) in [7, 11) is 1.56. The number of hydrogen-bond donors (Lipinski definition) is 0. The van der Waals surface area contributed by atoms with Crippen molar-refractivity contribution in [2.75, 3.05) is 7.11 Å². The number of amidine groups is 1. The van der Waals surface area contributed by atoms with Crippen LogP contribution in [-0.2, 0) is 11.3 Å². The van der Waals surface area contributed by atoms with Gasteiger partial charge in [0.2, 0.25) is 0 Å². The predicted molar refractivity (Wildman–Crippen MR) is 117 cm³/mol. The lowest BCUT2D eigenvalue weighted by Crippen LogP contribution is -2.26. The summed E-state index contributed by atoms with van der Waals surface area (Å²) in [6.07, 6.45) is 6.80. The van der Waals surface area contributed by atoms with Gasteiger partial charge in [0.1, 0.15) is 24.1 Å². The molecule has 0 N–H and O–H groups in total. The Balaban J connectivity index is 1.45. The number of aromatic nitrogens is 2. The van der Waals surface area contributed by atoms with E-state index in [0.717, 1.165) is 36.3 Å². The SMILES string of the molecule is COc1ccc(C2=NC(=O)C3C(=N2)SC2=C3CCCC2)cc1Cn1cc([N+](=O)[O-])cn1. The van der Waals surface area contributed by atoms with Crippen molar-refractivity contribution in [1.29, 1.82) is 0 Å². The first-order valence-corrected chi connectivity index (χ1v) is 10.8. The second kappa shape index (κ2) is 7.77. The van der Waals surface area contributed by atoms with E-state index in [9.17, 15) is 14.9 Å². The normalized spacial score (nSPS) is 20.2. The van der Waals surface area contributed by atoms with E-state index in [1.807, 2.05) is 12.1 Å². The molecule has 0 saturated heterocycles. The predicted octanol–water partition coefficient (Wildman–Crippen LogP) is 3.72. The van der Waals surface area contributed by atoms with Crippen molar-refractivity contribution in [3.63, 3.8) is 0 Å². The van der Waals surface area contributed by atoms with Crippen LogP contribution in [0.25, 0.3) is 0 Å². The van der Waals surface area contributed by atoms with Crippen molar-refractivity contribution >= 4 is 34.2 Å². The average Bonchev–Trinajstić information content (AvgIpc) is 3.38. The van der Waals surface area contributed by atoms with Crippen molar-refractivity contribution in [2.45, 2.75) is 32.2 Å². The van der Waals surface area contributed by atoms with Crippen LogP contribution in [0.1, 0.15) is 36.8 Å². The van der Waals surface area contributed by atoms with Gasteiger partial charge in [0.25, 0.3) is 5.91 Å². The zero-order valence-corrected chi connectivity index (χ0v) is 17.6. The molecule has 1 aromatic heterocycles. The number of rotatable bonds is 5. The lowest BCUT2D eigenvalue weighted by atomic mass is 9.89. The molecule has 3 heterocycles. The number of carbonyl (C=O) groups is 1. The van der Waals surface area contributed by atoms with Gasteiger partial charge in [0.15, 0.2) is 5.84 Å². The second-order valence-electron chi connectivity index (χ2n) is 7.59. The summed E-state index contributed by atoms with van der Waals surface area (Å²) in [5, 5.41) is 15.8.